The molecule has 1 aliphatic rings. The lowest BCUT2D eigenvalue weighted by molar-refractivity contribution is 0.327. The van der Waals surface area contributed by atoms with Gasteiger partial charge >= 0.3 is 0 Å². The van der Waals surface area contributed by atoms with Crippen LogP contribution in [0.15, 0.2) is 30.7 Å². The van der Waals surface area contributed by atoms with Crippen molar-refractivity contribution in [1.29, 1.82) is 0 Å². The molecule has 0 saturated heterocycles. The van der Waals surface area contributed by atoms with E-state index in [0.717, 1.165) is 31.7 Å². The van der Waals surface area contributed by atoms with Crippen molar-refractivity contribution in [2.75, 3.05) is 6.54 Å². The lowest BCUT2D eigenvalue weighted by Crippen LogP contribution is -2.18. The Labute approximate surface area is 126 Å². The molecule has 2 aromatic rings. The Morgan fingerprint density at radius 1 is 1.19 bits per heavy atom. The molecule has 2 heterocycles. The van der Waals surface area contributed by atoms with E-state index in [0.29, 0.717) is 6.04 Å². The van der Waals surface area contributed by atoms with Crippen LogP contribution >= 0.6 is 0 Å². The third-order valence-electron chi connectivity index (χ3n) is 4.22. The summed E-state index contributed by atoms with van der Waals surface area (Å²) in [6.07, 6.45) is 13.7. The highest BCUT2D eigenvalue weighted by molar-refractivity contribution is 4.99. The molecule has 21 heavy (non-hydrogen) atoms. The smallest absolute Gasteiger partial charge is 0.0762 e. The number of nitrogens with zero attached hydrogens (tertiary/aromatic N) is 4. The molecule has 114 valence electrons. The summed E-state index contributed by atoms with van der Waals surface area (Å²) in [6.45, 7) is 2.82. The summed E-state index contributed by atoms with van der Waals surface area (Å²) in [5, 5.41) is 12.4. The highest BCUT2D eigenvalue weighted by atomic mass is 15.3. The summed E-state index contributed by atoms with van der Waals surface area (Å²) in [6, 6.07) is 4.74. The van der Waals surface area contributed by atoms with Gasteiger partial charge in [0.25, 0.3) is 0 Å². The van der Waals surface area contributed by atoms with Crippen molar-refractivity contribution in [3.8, 4) is 0 Å². The summed E-state index contributed by atoms with van der Waals surface area (Å²) < 4.78 is 4.15. The maximum atomic E-state index is 4.72. The van der Waals surface area contributed by atoms with Gasteiger partial charge in [0, 0.05) is 31.7 Å². The van der Waals surface area contributed by atoms with Gasteiger partial charge in [-0.1, -0.05) is 19.3 Å². The quantitative estimate of drug-likeness (QED) is 0.797. The lowest BCUT2D eigenvalue weighted by atomic mass is 9.96. The second-order valence-corrected chi connectivity index (χ2v) is 5.88. The van der Waals surface area contributed by atoms with E-state index in [-0.39, 0.29) is 0 Å². The Bertz CT molecular complexity index is 511. The summed E-state index contributed by atoms with van der Waals surface area (Å²) in [5.74, 6) is 0. The number of hydrogen-bond donors (Lipinski definition) is 1. The summed E-state index contributed by atoms with van der Waals surface area (Å²) in [4.78, 5) is 0. The fraction of sp³-hybridized carbons (Fsp3) is 0.625. The molecule has 2 aromatic heterocycles. The van der Waals surface area contributed by atoms with Gasteiger partial charge in [-0.15, -0.1) is 0 Å². The first-order valence-corrected chi connectivity index (χ1v) is 8.14. The number of nitrogens with one attached hydrogen (secondary N) is 1. The van der Waals surface area contributed by atoms with E-state index in [2.05, 4.69) is 27.4 Å². The number of hydrogen-bond acceptors (Lipinski definition) is 3. The molecule has 0 unspecified atom stereocenters. The molecule has 5 nitrogen and oxygen atoms in total. The van der Waals surface area contributed by atoms with Crippen molar-refractivity contribution in [3.05, 3.63) is 36.4 Å². The Hall–Kier alpha value is -1.62. The van der Waals surface area contributed by atoms with Gasteiger partial charge in [-0.25, -0.2) is 0 Å². The van der Waals surface area contributed by atoms with Gasteiger partial charge < -0.3 is 5.32 Å². The average molecular weight is 287 g/mol. The van der Waals surface area contributed by atoms with Crippen LogP contribution in [0.1, 0.15) is 50.3 Å². The van der Waals surface area contributed by atoms with E-state index >= 15 is 0 Å². The van der Waals surface area contributed by atoms with Gasteiger partial charge in [-0.05, 0) is 37.9 Å². The first kappa shape index (κ1) is 14.3. The van der Waals surface area contributed by atoms with Gasteiger partial charge in [-0.3, -0.25) is 9.36 Å². The van der Waals surface area contributed by atoms with Gasteiger partial charge in [0.2, 0.25) is 0 Å². The minimum Gasteiger partial charge on any atom is -0.311 e. The molecule has 0 atom stereocenters. The maximum absolute atomic E-state index is 4.72. The van der Waals surface area contributed by atoms with Gasteiger partial charge in [0.15, 0.2) is 0 Å². The second-order valence-electron chi connectivity index (χ2n) is 5.88. The zero-order valence-corrected chi connectivity index (χ0v) is 12.6. The molecule has 1 aliphatic carbocycles. The number of aromatic nitrogens is 4. The Morgan fingerprint density at radius 2 is 2.10 bits per heavy atom. The van der Waals surface area contributed by atoms with E-state index in [9.17, 15) is 0 Å². The molecule has 0 amide bonds. The van der Waals surface area contributed by atoms with Crippen LogP contribution in [0.25, 0.3) is 0 Å². The van der Waals surface area contributed by atoms with Crippen LogP contribution in [0, 0.1) is 0 Å². The zero-order chi connectivity index (χ0) is 14.3. The van der Waals surface area contributed by atoms with Crippen LogP contribution in [-0.4, -0.2) is 26.1 Å². The predicted octanol–water partition coefficient (Wildman–Crippen LogP) is 2.76. The minimum absolute atomic E-state index is 0.632. The van der Waals surface area contributed by atoms with Gasteiger partial charge in [0.1, 0.15) is 0 Å². The van der Waals surface area contributed by atoms with E-state index in [1.54, 1.807) is 0 Å². The van der Waals surface area contributed by atoms with Crippen molar-refractivity contribution >= 4 is 0 Å². The van der Waals surface area contributed by atoms with E-state index in [1.165, 1.54) is 32.1 Å². The monoisotopic (exact) mass is 287 g/mol. The van der Waals surface area contributed by atoms with Crippen molar-refractivity contribution in [2.24, 2.45) is 0 Å². The molecule has 3 rings (SSSR count). The molecule has 1 saturated carbocycles. The van der Waals surface area contributed by atoms with Crippen LogP contribution in [-0.2, 0) is 13.1 Å². The van der Waals surface area contributed by atoms with Crippen LogP contribution < -0.4 is 5.32 Å². The molecule has 0 bridgehead atoms. The SMILES string of the molecule is c1cnn(CCCNCc2ccn(C3CCCCC3)n2)c1. The van der Waals surface area contributed by atoms with Gasteiger partial charge in [-0.2, -0.15) is 10.2 Å². The molecule has 1 N–H and O–H groups in total. The average Bonchev–Trinajstić information content (AvgIpc) is 3.19. The van der Waals surface area contributed by atoms with Crippen molar-refractivity contribution in [2.45, 2.75) is 57.7 Å². The third kappa shape index (κ3) is 4.17. The third-order valence-corrected chi connectivity index (χ3v) is 4.22. The fourth-order valence-electron chi connectivity index (χ4n) is 3.04. The van der Waals surface area contributed by atoms with E-state index in [4.69, 9.17) is 5.10 Å². The van der Waals surface area contributed by atoms with Crippen molar-refractivity contribution in [1.82, 2.24) is 24.9 Å². The molecule has 0 aromatic carbocycles. The van der Waals surface area contributed by atoms with Gasteiger partial charge in [0.05, 0.1) is 11.7 Å². The standard InChI is InChI=1S/C16H25N5/c1-2-6-16(7-3-1)21-13-8-15(19-21)14-17-9-4-11-20-12-5-10-18-20/h5,8,10,12-13,16-17H,1-4,6-7,9,11,14H2. The lowest BCUT2D eigenvalue weighted by Gasteiger charge is -2.21. The summed E-state index contributed by atoms with van der Waals surface area (Å²) in [5.41, 5.74) is 1.15. The van der Waals surface area contributed by atoms with Crippen molar-refractivity contribution in [3.63, 3.8) is 0 Å². The Kier molecular flexibility index (Phi) is 5.05. The molecule has 0 radical (unpaired) electrons. The van der Waals surface area contributed by atoms with Crippen LogP contribution in [0.4, 0.5) is 0 Å². The predicted molar refractivity (Wildman–Crippen MR) is 82.9 cm³/mol. The van der Waals surface area contributed by atoms with Crippen LogP contribution in [0.5, 0.6) is 0 Å². The maximum Gasteiger partial charge on any atom is 0.0762 e. The molecular formula is C16H25N5. The molecular weight excluding hydrogens is 262 g/mol. The number of rotatable bonds is 7. The highest BCUT2D eigenvalue weighted by Crippen LogP contribution is 2.27. The van der Waals surface area contributed by atoms with E-state index < -0.39 is 0 Å². The van der Waals surface area contributed by atoms with Crippen LogP contribution in [0.3, 0.4) is 0 Å². The first-order chi connectivity index (χ1) is 10.4. The molecule has 1 fully saturated rings. The number of aryl methyl sites for hydroxylation is 1. The Balaban J connectivity index is 1.36. The largest absolute Gasteiger partial charge is 0.311 e. The molecule has 0 aliphatic heterocycles. The van der Waals surface area contributed by atoms with Crippen molar-refractivity contribution < 1.29 is 0 Å². The highest BCUT2D eigenvalue weighted by Gasteiger charge is 2.15. The first-order valence-electron chi connectivity index (χ1n) is 8.14. The Morgan fingerprint density at radius 3 is 2.90 bits per heavy atom. The minimum atomic E-state index is 0.632. The zero-order valence-electron chi connectivity index (χ0n) is 12.6. The normalized spacial score (nSPS) is 16.4. The second kappa shape index (κ2) is 7.41. The van der Waals surface area contributed by atoms with Crippen LogP contribution in [0.2, 0.25) is 0 Å². The summed E-state index contributed by atoms with van der Waals surface area (Å²) >= 11 is 0. The summed E-state index contributed by atoms with van der Waals surface area (Å²) in [7, 11) is 0. The molecule has 0 spiro atoms. The molecule has 5 heteroatoms. The fourth-order valence-corrected chi connectivity index (χ4v) is 3.04. The van der Waals surface area contributed by atoms with E-state index in [1.807, 2.05) is 23.1 Å². The topological polar surface area (TPSA) is 47.7 Å².